The summed E-state index contributed by atoms with van der Waals surface area (Å²) in [6.07, 6.45) is 0. The van der Waals surface area contributed by atoms with Gasteiger partial charge in [-0.1, -0.05) is 18.2 Å². The molecule has 1 heterocycles. The molecule has 7 nitrogen and oxygen atoms in total. The Balaban J connectivity index is 2.02. The molecule has 0 saturated carbocycles. The van der Waals surface area contributed by atoms with Gasteiger partial charge in [0.25, 0.3) is 11.5 Å². The van der Waals surface area contributed by atoms with Gasteiger partial charge in [0.05, 0.1) is 18.1 Å². The topological polar surface area (TPSA) is 101 Å². The Bertz CT molecular complexity index is 1090. The molecule has 2 aromatic carbocycles. The summed E-state index contributed by atoms with van der Waals surface area (Å²) in [4.78, 5) is 36.4. The lowest BCUT2D eigenvalue weighted by Crippen LogP contribution is -2.19. The lowest BCUT2D eigenvalue weighted by atomic mass is 10.0. The van der Waals surface area contributed by atoms with Crippen molar-refractivity contribution in [1.82, 2.24) is 10.2 Å². The summed E-state index contributed by atoms with van der Waals surface area (Å²) in [5.41, 5.74) is 2.16. The zero-order valence-electron chi connectivity index (χ0n) is 14.5. The van der Waals surface area contributed by atoms with Gasteiger partial charge in [-0.25, -0.2) is 9.89 Å². The van der Waals surface area contributed by atoms with Crippen LogP contribution in [-0.4, -0.2) is 29.2 Å². The van der Waals surface area contributed by atoms with Crippen LogP contribution in [0.3, 0.4) is 0 Å². The number of aryl methyl sites for hydroxylation is 1. The number of carbonyl (C=O) groups is 2. The Labute approximate surface area is 149 Å². The molecular formula is C19H17N3O4. The molecule has 3 aromatic rings. The Hall–Kier alpha value is -3.48. The van der Waals surface area contributed by atoms with Crippen molar-refractivity contribution in [2.45, 2.75) is 13.8 Å². The molecule has 0 radical (unpaired) electrons. The van der Waals surface area contributed by atoms with Crippen LogP contribution in [0.25, 0.3) is 10.8 Å². The molecule has 0 fully saturated rings. The number of H-pyrrole nitrogens is 1. The van der Waals surface area contributed by atoms with Crippen LogP contribution in [-0.2, 0) is 4.74 Å². The number of aromatic nitrogens is 2. The third kappa shape index (κ3) is 3.06. The minimum absolute atomic E-state index is 0.0954. The molecular weight excluding hydrogens is 334 g/mol. The number of ether oxygens (including phenoxy) is 1. The molecule has 0 aliphatic rings. The zero-order valence-corrected chi connectivity index (χ0v) is 14.5. The number of nitrogens with one attached hydrogen (secondary N) is 2. The van der Waals surface area contributed by atoms with Gasteiger partial charge in [-0.2, -0.15) is 5.10 Å². The average molecular weight is 351 g/mol. The first-order chi connectivity index (χ1) is 12.4. The van der Waals surface area contributed by atoms with Gasteiger partial charge in [-0.15, -0.1) is 0 Å². The van der Waals surface area contributed by atoms with Crippen molar-refractivity contribution in [3.63, 3.8) is 0 Å². The Morgan fingerprint density at radius 1 is 1.12 bits per heavy atom. The summed E-state index contributed by atoms with van der Waals surface area (Å²) < 4.78 is 4.78. The Morgan fingerprint density at radius 2 is 1.81 bits per heavy atom. The molecule has 0 aliphatic carbocycles. The maximum Gasteiger partial charge on any atom is 0.338 e. The van der Waals surface area contributed by atoms with Crippen LogP contribution in [0.5, 0.6) is 0 Å². The third-order valence-corrected chi connectivity index (χ3v) is 4.24. The Morgan fingerprint density at radius 3 is 2.50 bits per heavy atom. The highest BCUT2D eigenvalue weighted by molar-refractivity contribution is 6.11. The normalized spacial score (nSPS) is 10.6. The van der Waals surface area contributed by atoms with E-state index in [-0.39, 0.29) is 11.3 Å². The monoisotopic (exact) mass is 351 g/mol. The molecule has 1 aromatic heterocycles. The van der Waals surface area contributed by atoms with Crippen LogP contribution in [0.1, 0.15) is 32.0 Å². The van der Waals surface area contributed by atoms with Gasteiger partial charge in [0.15, 0.2) is 5.69 Å². The van der Waals surface area contributed by atoms with E-state index in [2.05, 4.69) is 15.5 Å². The number of hydrogen-bond acceptors (Lipinski definition) is 5. The van der Waals surface area contributed by atoms with Crippen LogP contribution in [0.4, 0.5) is 5.69 Å². The minimum atomic E-state index is -0.489. The van der Waals surface area contributed by atoms with E-state index in [1.165, 1.54) is 7.11 Å². The molecule has 26 heavy (non-hydrogen) atoms. The maximum atomic E-state index is 12.7. The molecule has 2 N–H and O–H groups in total. The van der Waals surface area contributed by atoms with E-state index in [1.807, 2.05) is 13.8 Å². The number of nitrogens with zero attached hydrogens (tertiary/aromatic N) is 1. The second kappa shape index (κ2) is 6.79. The van der Waals surface area contributed by atoms with E-state index in [1.54, 1.807) is 36.4 Å². The summed E-state index contributed by atoms with van der Waals surface area (Å²) in [6, 6.07) is 10.0. The van der Waals surface area contributed by atoms with E-state index in [0.717, 1.165) is 11.1 Å². The largest absolute Gasteiger partial charge is 0.465 e. The first kappa shape index (κ1) is 17.3. The van der Waals surface area contributed by atoms with E-state index >= 15 is 0 Å². The summed E-state index contributed by atoms with van der Waals surface area (Å²) in [7, 11) is 1.30. The minimum Gasteiger partial charge on any atom is -0.465 e. The highest BCUT2D eigenvalue weighted by atomic mass is 16.5. The lowest BCUT2D eigenvalue weighted by molar-refractivity contribution is 0.0599. The first-order valence-corrected chi connectivity index (χ1v) is 7.90. The second-order valence-electron chi connectivity index (χ2n) is 5.86. The van der Waals surface area contributed by atoms with Crippen molar-refractivity contribution in [2.75, 3.05) is 12.4 Å². The number of methoxy groups -OCH3 is 1. The van der Waals surface area contributed by atoms with Gasteiger partial charge >= 0.3 is 5.97 Å². The van der Waals surface area contributed by atoms with Gasteiger partial charge < -0.3 is 10.1 Å². The number of hydrogen-bond donors (Lipinski definition) is 2. The fraction of sp³-hybridized carbons (Fsp3) is 0.158. The molecule has 0 bridgehead atoms. The van der Waals surface area contributed by atoms with Crippen molar-refractivity contribution in [1.29, 1.82) is 0 Å². The van der Waals surface area contributed by atoms with E-state index in [0.29, 0.717) is 22.0 Å². The highest BCUT2D eigenvalue weighted by Crippen LogP contribution is 2.22. The van der Waals surface area contributed by atoms with Crippen molar-refractivity contribution in [3.05, 3.63) is 69.1 Å². The summed E-state index contributed by atoms with van der Waals surface area (Å²) >= 11 is 0. The lowest BCUT2D eigenvalue weighted by Gasteiger charge is -2.12. The molecule has 0 atom stereocenters. The summed E-state index contributed by atoms with van der Waals surface area (Å²) in [6.45, 7) is 3.65. The number of fused-ring (bicyclic) bond motifs is 1. The standard InChI is InChI=1S/C19H17N3O4/c1-10-8-12(9-15(11(10)2)19(25)26-3)20-18(24)16-13-6-4-5-7-14(13)17(23)22-21-16/h4-9H,1-3H3,(H,20,24)(H,22,23). The van der Waals surface area contributed by atoms with Crippen molar-refractivity contribution >= 4 is 28.3 Å². The fourth-order valence-electron chi connectivity index (χ4n) is 2.73. The Kier molecular flexibility index (Phi) is 4.53. The number of anilines is 1. The van der Waals surface area contributed by atoms with Crippen LogP contribution < -0.4 is 10.9 Å². The molecule has 1 amide bonds. The van der Waals surface area contributed by atoms with Crippen molar-refractivity contribution < 1.29 is 14.3 Å². The average Bonchev–Trinajstić information content (AvgIpc) is 2.64. The molecule has 0 saturated heterocycles. The summed E-state index contributed by atoms with van der Waals surface area (Å²) in [5.74, 6) is -0.967. The van der Waals surface area contributed by atoms with Crippen LogP contribution in [0.2, 0.25) is 0 Å². The number of benzene rings is 2. The van der Waals surface area contributed by atoms with Gasteiger partial charge in [0.1, 0.15) is 0 Å². The summed E-state index contributed by atoms with van der Waals surface area (Å²) in [5, 5.41) is 9.76. The first-order valence-electron chi connectivity index (χ1n) is 7.90. The van der Waals surface area contributed by atoms with E-state index < -0.39 is 11.9 Å². The fourth-order valence-corrected chi connectivity index (χ4v) is 2.73. The van der Waals surface area contributed by atoms with Gasteiger partial charge in [-0.3, -0.25) is 9.59 Å². The SMILES string of the molecule is COC(=O)c1cc(NC(=O)c2n[nH]c(=O)c3ccccc23)cc(C)c1C. The van der Waals surface area contributed by atoms with Gasteiger partial charge in [-0.05, 0) is 43.2 Å². The number of rotatable bonds is 3. The number of esters is 1. The second-order valence-corrected chi connectivity index (χ2v) is 5.86. The maximum absolute atomic E-state index is 12.7. The number of aromatic amines is 1. The van der Waals surface area contributed by atoms with Crippen molar-refractivity contribution in [3.8, 4) is 0 Å². The molecule has 3 rings (SSSR count). The molecule has 0 aliphatic heterocycles. The van der Waals surface area contributed by atoms with Crippen LogP contribution >= 0.6 is 0 Å². The van der Waals surface area contributed by atoms with Crippen molar-refractivity contribution in [2.24, 2.45) is 0 Å². The van der Waals surface area contributed by atoms with E-state index in [9.17, 15) is 14.4 Å². The number of carbonyl (C=O) groups excluding carboxylic acids is 2. The smallest absolute Gasteiger partial charge is 0.338 e. The number of amides is 1. The zero-order chi connectivity index (χ0) is 18.8. The quantitative estimate of drug-likeness (QED) is 0.706. The molecule has 0 unspecified atom stereocenters. The highest BCUT2D eigenvalue weighted by Gasteiger charge is 2.17. The molecule has 0 spiro atoms. The van der Waals surface area contributed by atoms with Crippen LogP contribution in [0, 0.1) is 13.8 Å². The predicted molar refractivity (Wildman–Crippen MR) is 97.6 cm³/mol. The predicted octanol–water partition coefficient (Wildman–Crippen LogP) is 2.58. The van der Waals surface area contributed by atoms with E-state index in [4.69, 9.17) is 4.74 Å². The van der Waals surface area contributed by atoms with Gasteiger partial charge in [0.2, 0.25) is 0 Å². The molecule has 7 heteroatoms. The van der Waals surface area contributed by atoms with Gasteiger partial charge in [0, 0.05) is 11.1 Å². The third-order valence-electron chi connectivity index (χ3n) is 4.24. The van der Waals surface area contributed by atoms with Crippen LogP contribution in [0.15, 0.2) is 41.2 Å². The molecule has 132 valence electrons.